The molecule has 3 atom stereocenters. The molecular formula is C30H45N5O6Si. The number of hydroxylamine groups is 2. The van der Waals surface area contributed by atoms with Gasteiger partial charge < -0.3 is 23.8 Å². The first-order chi connectivity index (χ1) is 19.6. The lowest BCUT2D eigenvalue weighted by molar-refractivity contribution is -0.153. The highest BCUT2D eigenvalue weighted by Crippen LogP contribution is 2.61. The Morgan fingerprint density at radius 2 is 1.83 bits per heavy atom. The largest absolute Gasteiger partial charge is 0.444 e. The van der Waals surface area contributed by atoms with E-state index in [9.17, 15) is 9.59 Å². The molecule has 12 heteroatoms. The lowest BCUT2D eigenvalue weighted by atomic mass is 9.85. The predicted octanol–water partition coefficient (Wildman–Crippen LogP) is 6.12. The molecule has 1 saturated carbocycles. The molecule has 3 aliphatic rings. The number of rotatable bonds is 9. The fraction of sp³-hybridized carbons (Fsp3) is 0.667. The molecule has 1 spiro atoms. The van der Waals surface area contributed by atoms with Gasteiger partial charge in [-0.15, -0.1) is 10.2 Å². The van der Waals surface area contributed by atoms with Gasteiger partial charge in [-0.25, -0.2) is 9.59 Å². The van der Waals surface area contributed by atoms with E-state index in [4.69, 9.17) is 18.4 Å². The standard InChI is InChI=1S/C30H45N5O6Si/c1-28(2,3)40-26(36)31-17-22(41-42(7,8)29(4,5)6)25-33-32-24(39-25)21-16-30(14-15-30)23-18-34(21)27(37)35(23)38-19-20-12-10-9-11-13-20/h9-13,21-23H,14-19H2,1-8H3,(H,31,36)/t21-,22-,23+/m0/s1. The number of amides is 3. The van der Waals surface area contributed by atoms with Crippen LogP contribution in [0.15, 0.2) is 34.7 Å². The summed E-state index contributed by atoms with van der Waals surface area (Å²) in [6, 6.07) is 9.33. The normalized spacial score (nSPS) is 22.4. The van der Waals surface area contributed by atoms with Gasteiger partial charge in [0.15, 0.2) is 8.32 Å². The number of carbonyl (C=O) groups is 2. The van der Waals surface area contributed by atoms with Crippen LogP contribution in [0.1, 0.15) is 90.3 Å². The summed E-state index contributed by atoms with van der Waals surface area (Å²) in [4.78, 5) is 34.0. The van der Waals surface area contributed by atoms with Crippen molar-refractivity contribution in [1.82, 2.24) is 25.5 Å². The maximum atomic E-state index is 13.6. The van der Waals surface area contributed by atoms with E-state index < -0.39 is 26.1 Å². The number of hydrogen-bond acceptors (Lipinski definition) is 8. The van der Waals surface area contributed by atoms with Gasteiger partial charge >= 0.3 is 12.1 Å². The summed E-state index contributed by atoms with van der Waals surface area (Å²) in [6.07, 6.45) is 1.58. The molecule has 42 heavy (non-hydrogen) atoms. The molecule has 11 nitrogen and oxygen atoms in total. The number of nitrogens with zero attached hydrogens (tertiary/aromatic N) is 4. The van der Waals surface area contributed by atoms with E-state index in [-0.39, 0.29) is 41.0 Å². The summed E-state index contributed by atoms with van der Waals surface area (Å²) >= 11 is 0. The highest BCUT2D eigenvalue weighted by Gasteiger charge is 2.64. The van der Waals surface area contributed by atoms with Crippen molar-refractivity contribution in [2.24, 2.45) is 5.41 Å². The molecule has 2 aromatic rings. The van der Waals surface area contributed by atoms with Gasteiger partial charge in [-0.3, -0.25) is 4.84 Å². The molecule has 3 fully saturated rings. The quantitative estimate of drug-likeness (QED) is 0.343. The molecule has 2 bridgehead atoms. The first kappa shape index (κ1) is 30.5. The average Bonchev–Trinajstić information content (AvgIpc) is 3.36. The molecule has 1 aromatic carbocycles. The van der Waals surface area contributed by atoms with Gasteiger partial charge in [0, 0.05) is 6.54 Å². The first-order valence-corrected chi connectivity index (χ1v) is 17.7. The number of urea groups is 1. The molecule has 3 heterocycles. The van der Waals surface area contributed by atoms with Gasteiger partial charge in [-0.05, 0) is 69.1 Å². The van der Waals surface area contributed by atoms with Crippen LogP contribution in [0.2, 0.25) is 18.1 Å². The van der Waals surface area contributed by atoms with Crippen LogP contribution in [0.4, 0.5) is 9.59 Å². The third-order valence-electron chi connectivity index (χ3n) is 8.97. The van der Waals surface area contributed by atoms with Crippen LogP contribution in [-0.2, 0) is 20.6 Å². The number of piperidine rings is 1. The molecule has 0 unspecified atom stereocenters. The van der Waals surface area contributed by atoms with Gasteiger partial charge in [0.05, 0.1) is 12.6 Å². The zero-order chi connectivity index (χ0) is 30.5. The van der Waals surface area contributed by atoms with Crippen molar-refractivity contribution in [2.75, 3.05) is 13.1 Å². The maximum absolute atomic E-state index is 13.6. The van der Waals surface area contributed by atoms with Crippen LogP contribution in [-0.4, -0.2) is 65.3 Å². The highest BCUT2D eigenvalue weighted by molar-refractivity contribution is 6.74. The van der Waals surface area contributed by atoms with Crippen LogP contribution in [0.3, 0.4) is 0 Å². The van der Waals surface area contributed by atoms with Gasteiger partial charge in [-0.2, -0.15) is 5.06 Å². The van der Waals surface area contributed by atoms with Gasteiger partial charge in [0.1, 0.15) is 24.4 Å². The van der Waals surface area contributed by atoms with Crippen molar-refractivity contribution in [3.8, 4) is 0 Å². The predicted molar refractivity (Wildman–Crippen MR) is 158 cm³/mol. The number of ether oxygens (including phenoxy) is 1. The number of carbonyl (C=O) groups excluding carboxylic acids is 2. The molecule has 5 rings (SSSR count). The maximum Gasteiger partial charge on any atom is 0.407 e. The minimum absolute atomic E-state index is 0.0000457. The van der Waals surface area contributed by atoms with Crippen molar-refractivity contribution in [1.29, 1.82) is 0 Å². The zero-order valence-corrected chi connectivity index (χ0v) is 27.1. The summed E-state index contributed by atoms with van der Waals surface area (Å²) in [7, 11) is -2.29. The number of hydrogen-bond donors (Lipinski definition) is 1. The van der Waals surface area contributed by atoms with Gasteiger partial charge in [-0.1, -0.05) is 51.1 Å². The Hall–Kier alpha value is -2.96. The molecule has 3 amide bonds. The number of alkyl carbamates (subject to hydrolysis) is 1. The lowest BCUT2D eigenvalue weighted by Crippen LogP contribution is -2.44. The molecule has 2 aliphatic heterocycles. The summed E-state index contributed by atoms with van der Waals surface area (Å²) in [5.41, 5.74) is 0.363. The van der Waals surface area contributed by atoms with E-state index in [1.54, 1.807) is 9.96 Å². The van der Waals surface area contributed by atoms with Crippen molar-refractivity contribution in [2.45, 2.75) is 109 Å². The molecule has 230 valence electrons. The number of fused-ring (bicyclic) bond motifs is 3. The van der Waals surface area contributed by atoms with Gasteiger partial charge in [0.2, 0.25) is 11.8 Å². The highest BCUT2D eigenvalue weighted by atomic mass is 28.4. The third kappa shape index (κ3) is 6.35. The second kappa shape index (κ2) is 10.9. The second-order valence-electron chi connectivity index (χ2n) is 14.3. The van der Waals surface area contributed by atoms with Crippen molar-refractivity contribution < 1.29 is 28.0 Å². The Balaban J connectivity index is 1.34. The number of benzene rings is 1. The van der Waals surface area contributed by atoms with E-state index >= 15 is 0 Å². The van der Waals surface area contributed by atoms with Crippen LogP contribution in [0.5, 0.6) is 0 Å². The second-order valence-corrected chi connectivity index (χ2v) is 19.1. The van der Waals surface area contributed by atoms with E-state index in [0.717, 1.165) is 24.8 Å². The molecule has 2 saturated heterocycles. The summed E-state index contributed by atoms with van der Waals surface area (Å²) < 4.78 is 18.4. The van der Waals surface area contributed by atoms with Crippen molar-refractivity contribution in [3.05, 3.63) is 47.7 Å². The Morgan fingerprint density at radius 3 is 2.45 bits per heavy atom. The molecule has 1 aromatic heterocycles. The first-order valence-electron chi connectivity index (χ1n) is 14.8. The Bertz CT molecular complexity index is 1280. The fourth-order valence-electron chi connectivity index (χ4n) is 5.43. The molecular weight excluding hydrogens is 554 g/mol. The monoisotopic (exact) mass is 599 g/mol. The lowest BCUT2D eigenvalue weighted by Gasteiger charge is -2.38. The van der Waals surface area contributed by atoms with Gasteiger partial charge in [0.25, 0.3) is 0 Å². The van der Waals surface area contributed by atoms with E-state index in [2.05, 4.69) is 49.4 Å². The smallest absolute Gasteiger partial charge is 0.407 e. The fourth-order valence-corrected chi connectivity index (χ4v) is 6.68. The van der Waals surface area contributed by atoms with Crippen LogP contribution >= 0.6 is 0 Å². The Kier molecular flexibility index (Phi) is 7.95. The summed E-state index contributed by atoms with van der Waals surface area (Å²) in [5.74, 6) is 0.663. The molecule has 1 N–H and O–H groups in total. The molecule has 0 radical (unpaired) electrons. The van der Waals surface area contributed by atoms with E-state index in [1.807, 2.05) is 51.1 Å². The minimum atomic E-state index is -2.29. The van der Waals surface area contributed by atoms with E-state index in [1.165, 1.54) is 0 Å². The van der Waals surface area contributed by atoms with E-state index in [0.29, 0.717) is 19.0 Å². The summed E-state index contributed by atoms with van der Waals surface area (Å²) in [6.45, 7) is 17.2. The zero-order valence-electron chi connectivity index (χ0n) is 26.1. The minimum Gasteiger partial charge on any atom is -0.444 e. The SMILES string of the molecule is CC(C)(C)OC(=O)NC[C@H](O[Si](C)(C)C(C)(C)C)c1nnc([C@@H]2CC3(CC3)[C@H]3CN2C(=O)N3OCc2ccccc2)o1. The van der Waals surface area contributed by atoms with Crippen molar-refractivity contribution in [3.63, 3.8) is 0 Å². The Labute approximate surface area is 249 Å². The van der Waals surface area contributed by atoms with Crippen molar-refractivity contribution >= 4 is 20.4 Å². The summed E-state index contributed by atoms with van der Waals surface area (Å²) in [5, 5.41) is 13.1. The van der Waals surface area contributed by atoms with Crippen LogP contribution < -0.4 is 5.32 Å². The topological polar surface area (TPSA) is 119 Å². The van der Waals surface area contributed by atoms with Crippen LogP contribution in [0.25, 0.3) is 0 Å². The Morgan fingerprint density at radius 1 is 1.14 bits per heavy atom. The molecule has 1 aliphatic carbocycles. The third-order valence-corrected chi connectivity index (χ3v) is 13.5. The number of nitrogens with one attached hydrogen (secondary N) is 1. The number of aromatic nitrogens is 2. The average molecular weight is 600 g/mol. The van der Waals surface area contributed by atoms with Crippen LogP contribution in [0, 0.1) is 5.41 Å².